The van der Waals surface area contributed by atoms with Crippen LogP contribution in [0.3, 0.4) is 0 Å². The van der Waals surface area contributed by atoms with E-state index in [1.165, 1.54) is 16.9 Å². The summed E-state index contributed by atoms with van der Waals surface area (Å²) in [6, 6.07) is 6.46. The first-order valence-corrected chi connectivity index (χ1v) is 8.73. The Bertz CT molecular complexity index is 769. The van der Waals surface area contributed by atoms with Gasteiger partial charge in [0, 0.05) is 50.5 Å². The molecule has 8 heteroatoms. The van der Waals surface area contributed by atoms with Gasteiger partial charge in [-0.05, 0) is 18.6 Å². The van der Waals surface area contributed by atoms with E-state index < -0.39 is 0 Å². The fourth-order valence-electron chi connectivity index (χ4n) is 2.64. The average Bonchev–Trinajstić information content (AvgIpc) is 2.68. The molecular weight excluding hydrogens is 336 g/mol. The number of hydrogen-bond acceptors (Lipinski definition) is 6. The number of carbonyl (C=O) groups excluding carboxylic acids is 1. The number of hydrogen-bond donors (Lipinski definition) is 1. The van der Waals surface area contributed by atoms with E-state index in [1.807, 2.05) is 0 Å². The van der Waals surface area contributed by atoms with Crippen LogP contribution in [0, 0.1) is 0 Å². The summed E-state index contributed by atoms with van der Waals surface area (Å²) in [5.41, 5.74) is 0.322. The van der Waals surface area contributed by atoms with Gasteiger partial charge in [0.25, 0.3) is 11.5 Å². The minimum absolute atomic E-state index is 0.117. The predicted octanol–water partition coefficient (Wildman–Crippen LogP) is 1.02. The molecule has 26 heavy (non-hydrogen) atoms. The lowest BCUT2D eigenvalue weighted by molar-refractivity contribution is 0.0237. The number of pyridine rings is 1. The molecule has 1 amide bonds. The van der Waals surface area contributed by atoms with Gasteiger partial charge in [0.15, 0.2) is 0 Å². The van der Waals surface area contributed by atoms with Crippen LogP contribution in [0.15, 0.2) is 41.5 Å². The second-order valence-corrected chi connectivity index (χ2v) is 6.01. The minimum atomic E-state index is -0.205. The van der Waals surface area contributed by atoms with Crippen molar-refractivity contribution >= 4 is 5.91 Å². The Morgan fingerprint density at radius 2 is 2.15 bits per heavy atom. The number of nitrogens with one attached hydrogen (secondary N) is 1. The van der Waals surface area contributed by atoms with Crippen LogP contribution in [0.4, 0.5) is 0 Å². The summed E-state index contributed by atoms with van der Waals surface area (Å²) in [5, 5.41) is 6.78. The standard InChI is InChI=1S/C18H22N4O4/c23-17-3-1-9-21-22(17)10-2-8-19-18(24)14-4-5-16(20-13-14)26-15-6-11-25-12-7-15/h1,3-5,9,13,15H,2,6-8,10-12H2,(H,19,24). The van der Waals surface area contributed by atoms with Gasteiger partial charge in [-0.15, -0.1) is 0 Å². The SMILES string of the molecule is O=C(NCCCn1ncccc1=O)c1ccc(OC2CCOCC2)nc1. The maximum absolute atomic E-state index is 12.1. The lowest BCUT2D eigenvalue weighted by Gasteiger charge is -2.22. The van der Waals surface area contributed by atoms with Gasteiger partial charge in [-0.3, -0.25) is 9.59 Å². The molecule has 2 aromatic heterocycles. The Labute approximate surface area is 151 Å². The second-order valence-electron chi connectivity index (χ2n) is 6.01. The van der Waals surface area contributed by atoms with Crippen LogP contribution in [0.2, 0.25) is 0 Å². The normalized spacial score (nSPS) is 14.8. The summed E-state index contributed by atoms with van der Waals surface area (Å²) in [6.45, 7) is 2.31. The summed E-state index contributed by atoms with van der Waals surface area (Å²) in [5.74, 6) is 0.312. The number of ether oxygens (including phenoxy) is 2. The molecule has 1 N–H and O–H groups in total. The number of nitrogens with zero attached hydrogens (tertiary/aromatic N) is 3. The highest BCUT2D eigenvalue weighted by Gasteiger charge is 2.16. The zero-order valence-corrected chi connectivity index (χ0v) is 14.5. The number of aromatic nitrogens is 3. The van der Waals surface area contributed by atoms with Gasteiger partial charge in [0.2, 0.25) is 5.88 Å². The molecule has 0 spiro atoms. The van der Waals surface area contributed by atoms with Crippen LogP contribution in [-0.4, -0.2) is 46.5 Å². The largest absolute Gasteiger partial charge is 0.474 e. The van der Waals surface area contributed by atoms with Crippen molar-refractivity contribution in [2.75, 3.05) is 19.8 Å². The molecule has 0 radical (unpaired) electrons. The van der Waals surface area contributed by atoms with Crippen LogP contribution < -0.4 is 15.6 Å². The fraction of sp³-hybridized carbons (Fsp3) is 0.444. The summed E-state index contributed by atoms with van der Waals surface area (Å²) in [4.78, 5) is 27.9. The number of amides is 1. The summed E-state index contributed by atoms with van der Waals surface area (Å²) in [7, 11) is 0. The lowest BCUT2D eigenvalue weighted by Crippen LogP contribution is -2.28. The third-order valence-electron chi connectivity index (χ3n) is 4.07. The average molecular weight is 358 g/mol. The van der Waals surface area contributed by atoms with Gasteiger partial charge in [0.1, 0.15) is 6.10 Å². The molecule has 8 nitrogen and oxygen atoms in total. The number of aryl methyl sites for hydroxylation is 1. The van der Waals surface area contributed by atoms with Gasteiger partial charge in [-0.1, -0.05) is 0 Å². The summed E-state index contributed by atoms with van der Waals surface area (Å²) >= 11 is 0. The van der Waals surface area contributed by atoms with Crippen LogP contribution in [0.25, 0.3) is 0 Å². The molecular formula is C18H22N4O4. The first-order chi connectivity index (χ1) is 12.7. The van der Waals surface area contributed by atoms with E-state index in [4.69, 9.17) is 9.47 Å². The van der Waals surface area contributed by atoms with Gasteiger partial charge in [-0.25, -0.2) is 9.67 Å². The van der Waals surface area contributed by atoms with E-state index in [0.29, 0.717) is 44.2 Å². The molecule has 3 heterocycles. The van der Waals surface area contributed by atoms with Crippen molar-refractivity contribution in [3.8, 4) is 5.88 Å². The van der Waals surface area contributed by atoms with Crippen LogP contribution in [0.5, 0.6) is 5.88 Å². The Morgan fingerprint density at radius 1 is 1.31 bits per heavy atom. The Morgan fingerprint density at radius 3 is 2.88 bits per heavy atom. The molecule has 0 bridgehead atoms. The molecule has 0 aromatic carbocycles. The van der Waals surface area contributed by atoms with E-state index in [1.54, 1.807) is 24.4 Å². The zero-order valence-electron chi connectivity index (χ0n) is 14.5. The molecule has 0 unspecified atom stereocenters. The zero-order chi connectivity index (χ0) is 18.2. The second kappa shape index (κ2) is 9.10. The van der Waals surface area contributed by atoms with Crippen LogP contribution in [0.1, 0.15) is 29.6 Å². The van der Waals surface area contributed by atoms with Gasteiger partial charge in [0.05, 0.1) is 18.8 Å². The van der Waals surface area contributed by atoms with Crippen molar-refractivity contribution in [3.05, 3.63) is 52.6 Å². The van der Waals surface area contributed by atoms with Crippen molar-refractivity contribution in [2.45, 2.75) is 31.9 Å². The van der Waals surface area contributed by atoms with E-state index in [-0.39, 0.29) is 17.6 Å². The van der Waals surface area contributed by atoms with Crippen LogP contribution >= 0.6 is 0 Å². The molecule has 138 valence electrons. The summed E-state index contributed by atoms with van der Waals surface area (Å²) in [6.07, 6.45) is 5.50. The topological polar surface area (TPSA) is 95.3 Å². The molecule has 1 aliphatic rings. The lowest BCUT2D eigenvalue weighted by atomic mass is 10.1. The minimum Gasteiger partial charge on any atom is -0.474 e. The molecule has 1 aliphatic heterocycles. The van der Waals surface area contributed by atoms with Gasteiger partial charge < -0.3 is 14.8 Å². The number of carbonyl (C=O) groups is 1. The molecule has 2 aromatic rings. The third kappa shape index (κ3) is 5.13. The molecule has 1 saturated heterocycles. The molecule has 0 saturated carbocycles. The van der Waals surface area contributed by atoms with Crippen molar-refractivity contribution in [1.29, 1.82) is 0 Å². The van der Waals surface area contributed by atoms with Crippen molar-refractivity contribution in [1.82, 2.24) is 20.1 Å². The highest BCUT2D eigenvalue weighted by atomic mass is 16.5. The quantitative estimate of drug-likeness (QED) is 0.743. The summed E-state index contributed by atoms with van der Waals surface area (Å²) < 4.78 is 12.5. The monoisotopic (exact) mass is 358 g/mol. The van der Waals surface area contributed by atoms with Gasteiger partial charge >= 0.3 is 0 Å². The Kier molecular flexibility index (Phi) is 6.32. The molecule has 0 aliphatic carbocycles. The molecule has 3 rings (SSSR count). The smallest absolute Gasteiger partial charge is 0.266 e. The van der Waals surface area contributed by atoms with E-state index in [2.05, 4.69) is 15.4 Å². The van der Waals surface area contributed by atoms with Crippen LogP contribution in [-0.2, 0) is 11.3 Å². The van der Waals surface area contributed by atoms with Gasteiger partial charge in [-0.2, -0.15) is 5.10 Å². The van der Waals surface area contributed by atoms with E-state index in [0.717, 1.165) is 12.8 Å². The number of rotatable bonds is 7. The predicted molar refractivity (Wildman–Crippen MR) is 94.2 cm³/mol. The van der Waals surface area contributed by atoms with E-state index >= 15 is 0 Å². The first-order valence-electron chi connectivity index (χ1n) is 8.73. The van der Waals surface area contributed by atoms with Crippen molar-refractivity contribution in [3.63, 3.8) is 0 Å². The maximum atomic E-state index is 12.1. The first kappa shape index (κ1) is 18.1. The third-order valence-corrected chi connectivity index (χ3v) is 4.07. The van der Waals surface area contributed by atoms with E-state index in [9.17, 15) is 9.59 Å². The molecule has 0 atom stereocenters. The molecule has 1 fully saturated rings. The Hall–Kier alpha value is -2.74. The maximum Gasteiger partial charge on any atom is 0.266 e. The van der Waals surface area contributed by atoms with Crippen molar-refractivity contribution in [2.24, 2.45) is 0 Å². The highest BCUT2D eigenvalue weighted by Crippen LogP contribution is 2.15. The fourth-order valence-corrected chi connectivity index (χ4v) is 2.64. The highest BCUT2D eigenvalue weighted by molar-refractivity contribution is 5.93. The van der Waals surface area contributed by atoms with Crippen molar-refractivity contribution < 1.29 is 14.3 Å². The Balaban J connectivity index is 1.42.